The molecule has 0 spiro atoms. The van der Waals surface area contributed by atoms with Crippen LogP contribution in [-0.4, -0.2) is 59.2 Å². The summed E-state index contributed by atoms with van der Waals surface area (Å²) in [5.41, 5.74) is 3.07. The molecular formula is C29H38N2O3S. The van der Waals surface area contributed by atoms with E-state index in [1.807, 2.05) is 36.0 Å². The molecule has 2 aromatic carbocycles. The van der Waals surface area contributed by atoms with E-state index in [0.717, 1.165) is 66.9 Å². The van der Waals surface area contributed by atoms with E-state index >= 15 is 0 Å². The van der Waals surface area contributed by atoms with Gasteiger partial charge in [0.1, 0.15) is 5.75 Å². The Balaban J connectivity index is 1.25. The molecule has 2 heterocycles. The second kappa shape index (κ2) is 12.7. The molecular weight excluding hydrogens is 456 g/mol. The molecule has 35 heavy (non-hydrogen) atoms. The summed E-state index contributed by atoms with van der Waals surface area (Å²) in [6, 6.07) is 16.4. The molecule has 0 aliphatic carbocycles. The fraction of sp³-hybridized carbons (Fsp3) is 0.483. The summed E-state index contributed by atoms with van der Waals surface area (Å²) in [5.74, 6) is 2.60. The molecule has 3 aromatic rings. The third-order valence-electron chi connectivity index (χ3n) is 7.27. The lowest BCUT2D eigenvalue weighted by molar-refractivity contribution is 0.0581. The van der Waals surface area contributed by atoms with E-state index in [0.29, 0.717) is 12.3 Å². The van der Waals surface area contributed by atoms with Crippen molar-refractivity contribution in [3.63, 3.8) is 0 Å². The Morgan fingerprint density at radius 2 is 1.97 bits per heavy atom. The molecule has 2 N–H and O–H groups in total. The lowest BCUT2D eigenvalue weighted by Crippen LogP contribution is -2.42. The van der Waals surface area contributed by atoms with Gasteiger partial charge >= 0.3 is 0 Å². The Bertz CT molecular complexity index is 1080. The highest BCUT2D eigenvalue weighted by molar-refractivity contribution is 7.99. The molecule has 3 atom stereocenters. The molecule has 5 nitrogen and oxygen atoms in total. The van der Waals surface area contributed by atoms with Crippen LogP contribution in [0.25, 0.3) is 10.9 Å². The number of likely N-dealkylation sites (tertiary alicyclic amines) is 1. The number of fused-ring (bicyclic) bond motifs is 1. The summed E-state index contributed by atoms with van der Waals surface area (Å²) in [4.78, 5) is 8.27. The number of aryl methyl sites for hydroxylation is 1. The van der Waals surface area contributed by atoms with Crippen molar-refractivity contribution in [2.24, 2.45) is 11.8 Å². The Labute approximate surface area is 213 Å². The first-order chi connectivity index (χ1) is 17.1. The van der Waals surface area contributed by atoms with Gasteiger partial charge in [-0.1, -0.05) is 17.7 Å². The first kappa shape index (κ1) is 26.0. The van der Waals surface area contributed by atoms with Crippen LogP contribution in [0.1, 0.15) is 42.9 Å². The van der Waals surface area contributed by atoms with E-state index in [1.54, 1.807) is 13.3 Å². The van der Waals surface area contributed by atoms with Crippen LogP contribution in [-0.2, 0) is 0 Å². The van der Waals surface area contributed by atoms with E-state index in [4.69, 9.17) is 4.74 Å². The minimum Gasteiger partial charge on any atom is -0.497 e. The van der Waals surface area contributed by atoms with E-state index in [1.165, 1.54) is 10.5 Å². The molecule has 0 unspecified atom stereocenters. The van der Waals surface area contributed by atoms with Crippen LogP contribution in [0.5, 0.6) is 5.75 Å². The first-order valence-electron chi connectivity index (χ1n) is 12.7. The molecule has 0 radical (unpaired) electrons. The first-order valence-corrected chi connectivity index (χ1v) is 13.7. The van der Waals surface area contributed by atoms with Crippen molar-refractivity contribution < 1.29 is 14.9 Å². The number of thioether (sulfide) groups is 1. The standard InChI is InChI=1S/C29H38N2O3S/c1-21-4-8-25(9-5-21)35-17-3-15-31-16-13-22(23(19-31)20-32)6-11-29(33)26-12-14-30-28-10-7-24(34-2)18-27(26)28/h4-5,7-10,12,14,18,22-23,29,32-33H,3,6,11,13,15-17,19-20H2,1-2H3/t22-,23-,29+/m1/s1. The summed E-state index contributed by atoms with van der Waals surface area (Å²) in [6.07, 6.45) is 5.04. The lowest BCUT2D eigenvalue weighted by atomic mass is 9.81. The predicted octanol–water partition coefficient (Wildman–Crippen LogP) is 5.48. The van der Waals surface area contributed by atoms with Crippen molar-refractivity contribution in [3.05, 3.63) is 65.9 Å². The normalized spacial score (nSPS) is 19.7. The molecule has 6 heteroatoms. The summed E-state index contributed by atoms with van der Waals surface area (Å²) in [6.45, 7) is 5.43. The fourth-order valence-corrected chi connectivity index (χ4v) is 5.99. The molecule has 1 aliphatic rings. The van der Waals surface area contributed by atoms with Crippen LogP contribution in [0.3, 0.4) is 0 Å². The van der Waals surface area contributed by atoms with Crippen molar-refractivity contribution in [1.82, 2.24) is 9.88 Å². The quantitative estimate of drug-likeness (QED) is 0.272. The highest BCUT2D eigenvalue weighted by atomic mass is 32.2. The van der Waals surface area contributed by atoms with Crippen LogP contribution < -0.4 is 4.74 Å². The molecule has 188 valence electrons. The highest BCUT2D eigenvalue weighted by Gasteiger charge is 2.29. The number of benzene rings is 2. The van der Waals surface area contributed by atoms with Crippen LogP contribution in [0.15, 0.2) is 59.6 Å². The van der Waals surface area contributed by atoms with Crippen LogP contribution in [0, 0.1) is 18.8 Å². The largest absolute Gasteiger partial charge is 0.497 e. The predicted molar refractivity (Wildman–Crippen MR) is 144 cm³/mol. The van der Waals surface area contributed by atoms with E-state index < -0.39 is 6.10 Å². The molecule has 1 aliphatic heterocycles. The lowest BCUT2D eigenvalue weighted by Gasteiger charge is -2.38. The number of methoxy groups -OCH3 is 1. The molecule has 0 saturated carbocycles. The van der Waals surface area contributed by atoms with Gasteiger partial charge in [0.25, 0.3) is 0 Å². The third kappa shape index (κ3) is 6.98. The minimum absolute atomic E-state index is 0.213. The number of pyridine rings is 1. The number of aliphatic hydroxyl groups is 2. The van der Waals surface area contributed by atoms with Gasteiger partial charge in [-0.15, -0.1) is 11.8 Å². The molecule has 4 rings (SSSR count). The van der Waals surface area contributed by atoms with E-state index in [-0.39, 0.29) is 12.5 Å². The van der Waals surface area contributed by atoms with Crippen molar-refractivity contribution in [3.8, 4) is 5.75 Å². The van der Waals surface area contributed by atoms with Crippen LogP contribution in [0.2, 0.25) is 0 Å². The second-order valence-electron chi connectivity index (χ2n) is 9.68. The maximum absolute atomic E-state index is 11.0. The maximum Gasteiger partial charge on any atom is 0.119 e. The number of hydrogen-bond acceptors (Lipinski definition) is 6. The molecule has 1 saturated heterocycles. The Morgan fingerprint density at radius 1 is 1.14 bits per heavy atom. The minimum atomic E-state index is -0.552. The number of piperidine rings is 1. The maximum atomic E-state index is 11.0. The average molecular weight is 495 g/mol. The van der Waals surface area contributed by atoms with Crippen molar-refractivity contribution in [2.45, 2.75) is 43.6 Å². The smallest absolute Gasteiger partial charge is 0.119 e. The van der Waals surface area contributed by atoms with E-state index in [9.17, 15) is 10.2 Å². The van der Waals surface area contributed by atoms with Gasteiger partial charge in [0.2, 0.25) is 0 Å². The van der Waals surface area contributed by atoms with E-state index in [2.05, 4.69) is 41.1 Å². The average Bonchev–Trinajstić information content (AvgIpc) is 2.90. The zero-order valence-electron chi connectivity index (χ0n) is 20.9. The molecule has 1 fully saturated rings. The topological polar surface area (TPSA) is 65.8 Å². The molecule has 0 amide bonds. The third-order valence-corrected chi connectivity index (χ3v) is 8.37. The van der Waals surface area contributed by atoms with Crippen molar-refractivity contribution in [2.75, 3.05) is 39.1 Å². The van der Waals surface area contributed by atoms with Gasteiger partial charge in [0, 0.05) is 29.6 Å². The summed E-state index contributed by atoms with van der Waals surface area (Å²) < 4.78 is 5.37. The summed E-state index contributed by atoms with van der Waals surface area (Å²) in [5, 5.41) is 22.1. The number of aromatic nitrogens is 1. The van der Waals surface area contributed by atoms with Gasteiger partial charge in [-0.25, -0.2) is 0 Å². The SMILES string of the molecule is COc1ccc2nccc([C@@H](O)CC[C@@H]3CCN(CCCSc4ccc(C)cc4)C[C@@H]3CO)c2c1. The number of ether oxygens (including phenoxy) is 1. The highest BCUT2D eigenvalue weighted by Crippen LogP contribution is 2.33. The zero-order chi connectivity index (χ0) is 24.6. The Hall–Kier alpha value is -2.12. The van der Waals surface area contributed by atoms with Gasteiger partial charge in [0.15, 0.2) is 0 Å². The fourth-order valence-electron chi connectivity index (χ4n) is 5.15. The summed E-state index contributed by atoms with van der Waals surface area (Å²) >= 11 is 1.92. The zero-order valence-corrected chi connectivity index (χ0v) is 21.7. The van der Waals surface area contributed by atoms with Gasteiger partial charge in [-0.3, -0.25) is 4.98 Å². The number of nitrogens with zero attached hydrogens (tertiary/aromatic N) is 2. The van der Waals surface area contributed by atoms with Crippen molar-refractivity contribution >= 4 is 22.7 Å². The second-order valence-corrected chi connectivity index (χ2v) is 10.9. The van der Waals surface area contributed by atoms with Gasteiger partial charge in [-0.05, 0) is 105 Å². The number of aliphatic hydroxyl groups excluding tert-OH is 2. The van der Waals surface area contributed by atoms with Crippen LogP contribution in [0.4, 0.5) is 0 Å². The van der Waals surface area contributed by atoms with Gasteiger partial charge in [-0.2, -0.15) is 0 Å². The number of rotatable bonds is 11. The Kier molecular flexibility index (Phi) is 9.44. The molecule has 0 bridgehead atoms. The summed E-state index contributed by atoms with van der Waals surface area (Å²) in [7, 11) is 1.65. The van der Waals surface area contributed by atoms with Crippen LogP contribution >= 0.6 is 11.8 Å². The monoisotopic (exact) mass is 494 g/mol. The number of hydrogen-bond donors (Lipinski definition) is 2. The molecule has 1 aromatic heterocycles. The van der Waals surface area contributed by atoms with Crippen molar-refractivity contribution in [1.29, 1.82) is 0 Å². The van der Waals surface area contributed by atoms with Gasteiger partial charge < -0.3 is 19.8 Å². The van der Waals surface area contributed by atoms with Gasteiger partial charge in [0.05, 0.1) is 18.7 Å². The Morgan fingerprint density at radius 3 is 2.74 bits per heavy atom.